The number of rotatable bonds is 4. The molecule has 2 heterocycles. The molecular formula is C9H9ClN2OS. The number of aromatic nitrogens is 2. The van der Waals surface area contributed by atoms with Crippen LogP contribution in [0.15, 0.2) is 22.8 Å². The van der Waals surface area contributed by atoms with E-state index in [1.165, 1.54) is 0 Å². The van der Waals surface area contributed by atoms with E-state index < -0.39 is 0 Å². The molecule has 0 radical (unpaired) electrons. The van der Waals surface area contributed by atoms with Crippen LogP contribution < -0.4 is 0 Å². The fraction of sp³-hybridized carbons (Fsp3) is 0.333. The van der Waals surface area contributed by atoms with Crippen molar-refractivity contribution in [3.63, 3.8) is 0 Å². The maximum absolute atomic E-state index is 5.63. The second-order valence-electron chi connectivity index (χ2n) is 2.80. The van der Waals surface area contributed by atoms with Gasteiger partial charge in [-0.05, 0) is 12.1 Å². The van der Waals surface area contributed by atoms with Crippen LogP contribution in [0.3, 0.4) is 0 Å². The highest BCUT2D eigenvalue weighted by Gasteiger charge is 2.04. The highest BCUT2D eigenvalue weighted by molar-refractivity contribution is 7.11. The van der Waals surface area contributed by atoms with Crippen molar-refractivity contribution in [2.45, 2.75) is 18.7 Å². The molecule has 0 aliphatic heterocycles. The molecule has 0 fully saturated rings. The summed E-state index contributed by atoms with van der Waals surface area (Å²) >= 11 is 7.19. The first-order chi connectivity index (χ1) is 6.88. The summed E-state index contributed by atoms with van der Waals surface area (Å²) in [5, 5.41) is 9.86. The van der Waals surface area contributed by atoms with E-state index in [0.717, 1.165) is 28.6 Å². The molecule has 0 unspecified atom stereocenters. The van der Waals surface area contributed by atoms with Crippen molar-refractivity contribution in [2.75, 3.05) is 0 Å². The van der Waals surface area contributed by atoms with E-state index in [-0.39, 0.29) is 0 Å². The van der Waals surface area contributed by atoms with Crippen LogP contribution in [-0.4, -0.2) is 10.2 Å². The van der Waals surface area contributed by atoms with Gasteiger partial charge >= 0.3 is 0 Å². The van der Waals surface area contributed by atoms with Gasteiger partial charge in [-0.1, -0.05) is 0 Å². The zero-order valence-corrected chi connectivity index (χ0v) is 9.01. The molecule has 3 nitrogen and oxygen atoms in total. The fourth-order valence-corrected chi connectivity index (χ4v) is 2.04. The first-order valence-electron chi connectivity index (χ1n) is 4.28. The summed E-state index contributed by atoms with van der Waals surface area (Å²) in [6.07, 6.45) is 3.41. The van der Waals surface area contributed by atoms with Crippen LogP contribution in [0, 0.1) is 0 Å². The van der Waals surface area contributed by atoms with Crippen molar-refractivity contribution in [2.24, 2.45) is 0 Å². The van der Waals surface area contributed by atoms with Gasteiger partial charge in [0.1, 0.15) is 15.8 Å². The third-order valence-electron chi connectivity index (χ3n) is 1.79. The number of furan rings is 1. The van der Waals surface area contributed by atoms with Gasteiger partial charge in [0.2, 0.25) is 0 Å². The molecule has 74 valence electrons. The first-order valence-corrected chi connectivity index (χ1v) is 5.63. The maximum Gasteiger partial charge on any atom is 0.132 e. The van der Waals surface area contributed by atoms with E-state index in [2.05, 4.69) is 10.2 Å². The number of hydrogen-bond acceptors (Lipinski definition) is 4. The summed E-state index contributed by atoms with van der Waals surface area (Å²) in [5.74, 6) is 1.42. The molecule has 0 N–H and O–H groups in total. The molecule has 0 saturated heterocycles. The van der Waals surface area contributed by atoms with Crippen LogP contribution >= 0.6 is 22.9 Å². The Bertz CT molecular complexity index is 385. The number of aryl methyl sites for hydroxylation is 2. The Morgan fingerprint density at radius 1 is 1.29 bits per heavy atom. The monoisotopic (exact) mass is 228 g/mol. The van der Waals surface area contributed by atoms with Gasteiger partial charge in [0.25, 0.3) is 0 Å². The predicted molar refractivity (Wildman–Crippen MR) is 55.6 cm³/mol. The minimum absolute atomic E-state index is 0.443. The minimum Gasteiger partial charge on any atom is -0.469 e. The summed E-state index contributed by atoms with van der Waals surface area (Å²) in [5.41, 5.74) is 0. The number of hydrogen-bond donors (Lipinski definition) is 0. The SMILES string of the molecule is ClCc1nnc(CCc2ccco2)s1. The molecule has 0 aromatic carbocycles. The van der Waals surface area contributed by atoms with Crippen molar-refractivity contribution in [1.29, 1.82) is 0 Å². The summed E-state index contributed by atoms with van der Waals surface area (Å²) in [7, 11) is 0. The lowest BCUT2D eigenvalue weighted by Gasteiger charge is -1.91. The van der Waals surface area contributed by atoms with Gasteiger partial charge in [0.15, 0.2) is 0 Å². The predicted octanol–water partition coefficient (Wildman–Crippen LogP) is 2.66. The van der Waals surface area contributed by atoms with Crippen LogP contribution in [0.25, 0.3) is 0 Å². The Morgan fingerprint density at radius 3 is 2.79 bits per heavy atom. The van der Waals surface area contributed by atoms with Crippen molar-refractivity contribution in [3.8, 4) is 0 Å². The average Bonchev–Trinajstić information content (AvgIpc) is 2.86. The standard InChI is InChI=1S/C9H9ClN2OS/c10-6-9-12-11-8(14-9)4-3-7-2-1-5-13-7/h1-2,5H,3-4,6H2. The van der Waals surface area contributed by atoms with Gasteiger partial charge in [0, 0.05) is 12.8 Å². The summed E-state index contributed by atoms with van der Waals surface area (Å²) in [6.45, 7) is 0. The molecule has 2 aromatic rings. The van der Waals surface area contributed by atoms with Gasteiger partial charge in [0.05, 0.1) is 12.1 Å². The zero-order valence-electron chi connectivity index (χ0n) is 7.44. The third-order valence-corrected chi connectivity index (χ3v) is 3.18. The molecule has 0 spiro atoms. The van der Waals surface area contributed by atoms with Crippen LogP contribution in [0.1, 0.15) is 15.8 Å². The lowest BCUT2D eigenvalue weighted by atomic mass is 10.2. The molecule has 0 amide bonds. The van der Waals surface area contributed by atoms with Gasteiger partial charge in [-0.2, -0.15) is 0 Å². The van der Waals surface area contributed by atoms with Gasteiger partial charge < -0.3 is 4.42 Å². The summed E-state index contributed by atoms with van der Waals surface area (Å²) in [6, 6.07) is 3.85. The van der Waals surface area contributed by atoms with Gasteiger partial charge in [-0.25, -0.2) is 0 Å². The second-order valence-corrected chi connectivity index (χ2v) is 4.22. The summed E-state index contributed by atoms with van der Waals surface area (Å²) < 4.78 is 5.22. The van der Waals surface area contributed by atoms with E-state index in [9.17, 15) is 0 Å². The van der Waals surface area contributed by atoms with Crippen LogP contribution in [0.2, 0.25) is 0 Å². The van der Waals surface area contributed by atoms with E-state index in [0.29, 0.717) is 5.88 Å². The molecule has 0 aliphatic rings. The van der Waals surface area contributed by atoms with Crippen LogP contribution in [0.5, 0.6) is 0 Å². The average molecular weight is 229 g/mol. The second kappa shape index (κ2) is 4.57. The number of nitrogens with zero attached hydrogens (tertiary/aromatic N) is 2. The Labute approximate surface area is 90.7 Å². The smallest absolute Gasteiger partial charge is 0.132 e. The van der Waals surface area contributed by atoms with Crippen LogP contribution in [0.4, 0.5) is 0 Å². The van der Waals surface area contributed by atoms with E-state index in [1.807, 2.05) is 12.1 Å². The zero-order chi connectivity index (χ0) is 9.80. The van der Waals surface area contributed by atoms with Crippen molar-refractivity contribution >= 4 is 22.9 Å². The highest BCUT2D eigenvalue weighted by Crippen LogP contribution is 2.14. The third kappa shape index (κ3) is 2.33. The minimum atomic E-state index is 0.443. The van der Waals surface area contributed by atoms with Crippen molar-refractivity contribution < 1.29 is 4.42 Å². The van der Waals surface area contributed by atoms with Crippen LogP contribution in [-0.2, 0) is 18.7 Å². The number of alkyl halides is 1. The Kier molecular flexibility index (Phi) is 3.16. The molecular weight excluding hydrogens is 220 g/mol. The maximum atomic E-state index is 5.63. The lowest BCUT2D eigenvalue weighted by Crippen LogP contribution is -1.88. The normalized spacial score (nSPS) is 10.6. The molecule has 0 aliphatic carbocycles. The van der Waals surface area contributed by atoms with Crippen molar-refractivity contribution in [3.05, 3.63) is 34.2 Å². The topological polar surface area (TPSA) is 38.9 Å². The fourth-order valence-electron chi connectivity index (χ4n) is 1.13. The molecule has 0 saturated carbocycles. The molecule has 14 heavy (non-hydrogen) atoms. The molecule has 2 rings (SSSR count). The quantitative estimate of drug-likeness (QED) is 0.756. The molecule has 2 aromatic heterocycles. The van der Waals surface area contributed by atoms with E-state index >= 15 is 0 Å². The largest absolute Gasteiger partial charge is 0.469 e. The van der Waals surface area contributed by atoms with E-state index in [4.69, 9.17) is 16.0 Å². The Hall–Kier alpha value is -0.870. The molecule has 5 heteroatoms. The lowest BCUT2D eigenvalue weighted by molar-refractivity contribution is 0.508. The molecule has 0 bridgehead atoms. The van der Waals surface area contributed by atoms with Gasteiger partial charge in [-0.3, -0.25) is 0 Å². The van der Waals surface area contributed by atoms with Crippen molar-refractivity contribution in [1.82, 2.24) is 10.2 Å². The Balaban J connectivity index is 1.92. The Morgan fingerprint density at radius 2 is 2.14 bits per heavy atom. The van der Waals surface area contributed by atoms with E-state index in [1.54, 1.807) is 17.6 Å². The van der Waals surface area contributed by atoms with Gasteiger partial charge in [-0.15, -0.1) is 33.1 Å². The first kappa shape index (κ1) is 9.68. The number of halogens is 1. The summed E-state index contributed by atoms with van der Waals surface area (Å²) in [4.78, 5) is 0. The highest BCUT2D eigenvalue weighted by atomic mass is 35.5. The molecule has 0 atom stereocenters.